The zero-order valence-corrected chi connectivity index (χ0v) is 22.7. The molecule has 0 fully saturated rings. The average molecular weight is 496 g/mol. The molecule has 1 atom stereocenters. The molecule has 7 nitrogen and oxygen atoms in total. The van der Waals surface area contributed by atoms with Gasteiger partial charge in [0, 0.05) is 31.7 Å². The summed E-state index contributed by atoms with van der Waals surface area (Å²) in [4.78, 5) is 30.5. The summed E-state index contributed by atoms with van der Waals surface area (Å²) in [6.07, 6.45) is 0.127. The molecule has 1 heterocycles. The molecule has 36 heavy (non-hydrogen) atoms. The van der Waals surface area contributed by atoms with Crippen LogP contribution < -0.4 is 10.1 Å². The molecule has 1 N–H and O–H groups in total. The minimum atomic E-state index is -0.763. The molecule has 0 saturated heterocycles. The van der Waals surface area contributed by atoms with Gasteiger partial charge in [0.05, 0.1) is 0 Å². The van der Waals surface area contributed by atoms with Crippen molar-refractivity contribution in [3.63, 3.8) is 0 Å². The molecular weight excluding hydrogens is 454 g/mol. The number of fused-ring (bicyclic) bond motifs is 1. The number of nitrogens with zero attached hydrogens (tertiary/aromatic N) is 2. The van der Waals surface area contributed by atoms with Crippen LogP contribution in [0.1, 0.15) is 65.6 Å². The molecule has 0 radical (unpaired) electrons. The van der Waals surface area contributed by atoms with Gasteiger partial charge in [-0.15, -0.1) is 0 Å². The zero-order valence-electron chi connectivity index (χ0n) is 22.7. The number of hydrogen-bond donors (Lipinski definition) is 1. The number of amides is 2. The lowest BCUT2D eigenvalue weighted by molar-refractivity contribution is -0.127. The Bertz CT molecular complexity index is 1020. The molecule has 2 amide bonds. The van der Waals surface area contributed by atoms with E-state index in [4.69, 9.17) is 9.47 Å². The van der Waals surface area contributed by atoms with Crippen molar-refractivity contribution in [2.75, 3.05) is 19.6 Å². The van der Waals surface area contributed by atoms with Gasteiger partial charge in [0.2, 0.25) is 5.91 Å². The first-order valence-electron chi connectivity index (χ1n) is 12.8. The van der Waals surface area contributed by atoms with Crippen LogP contribution in [0.2, 0.25) is 0 Å². The van der Waals surface area contributed by atoms with Gasteiger partial charge in [-0.3, -0.25) is 14.6 Å². The maximum absolute atomic E-state index is 13.5. The Morgan fingerprint density at radius 2 is 1.69 bits per heavy atom. The van der Waals surface area contributed by atoms with Crippen LogP contribution in [0.4, 0.5) is 4.79 Å². The minimum absolute atomic E-state index is 0.203. The molecule has 0 unspecified atom stereocenters. The van der Waals surface area contributed by atoms with Gasteiger partial charge in [0.25, 0.3) is 0 Å². The topological polar surface area (TPSA) is 71.1 Å². The Hall–Kier alpha value is -3.06. The van der Waals surface area contributed by atoms with Crippen molar-refractivity contribution in [2.45, 2.75) is 78.6 Å². The highest BCUT2D eigenvalue weighted by Crippen LogP contribution is 2.34. The second-order valence-electron chi connectivity index (χ2n) is 10.8. The summed E-state index contributed by atoms with van der Waals surface area (Å²) in [6, 6.07) is 15.3. The van der Waals surface area contributed by atoms with E-state index in [-0.39, 0.29) is 5.91 Å². The van der Waals surface area contributed by atoms with Gasteiger partial charge in [-0.05, 0) is 90.3 Å². The number of hydrogen-bond acceptors (Lipinski definition) is 5. The molecule has 2 aromatic rings. The molecule has 0 bridgehead atoms. The van der Waals surface area contributed by atoms with Crippen LogP contribution in [0.15, 0.2) is 48.5 Å². The predicted molar refractivity (Wildman–Crippen MR) is 142 cm³/mol. The zero-order chi connectivity index (χ0) is 26.5. The first kappa shape index (κ1) is 27.5. The van der Waals surface area contributed by atoms with E-state index in [9.17, 15) is 9.59 Å². The Morgan fingerprint density at radius 1 is 1.03 bits per heavy atom. The minimum Gasteiger partial charge on any atom is -0.457 e. The summed E-state index contributed by atoms with van der Waals surface area (Å²) in [6.45, 7) is 15.7. The first-order chi connectivity index (χ1) is 17.0. The number of benzene rings is 2. The van der Waals surface area contributed by atoms with Gasteiger partial charge < -0.3 is 14.8 Å². The lowest BCUT2D eigenvalue weighted by atomic mass is 9.92. The molecule has 0 spiro atoms. The van der Waals surface area contributed by atoms with Gasteiger partial charge in [-0.1, -0.05) is 24.3 Å². The Morgan fingerprint density at radius 3 is 2.31 bits per heavy atom. The molecule has 3 rings (SSSR count). The summed E-state index contributed by atoms with van der Waals surface area (Å²) in [5, 5.41) is 3.07. The standard InChI is InChI=1S/C29H41N3O4/c1-20(2)31(21(3)4)18-16-30-27(33)26-25-14-13-24(35-23-11-9-8-10-12-23)19-22(25)15-17-32(26)28(34)36-29(5,6)7/h8-14,19-21,26H,15-18H2,1-7H3,(H,30,33)/t26-/m0/s1. The largest absolute Gasteiger partial charge is 0.457 e. The quantitative estimate of drug-likeness (QED) is 0.520. The van der Waals surface area contributed by atoms with E-state index in [0.29, 0.717) is 37.3 Å². The fourth-order valence-electron chi connectivity index (χ4n) is 4.61. The smallest absolute Gasteiger partial charge is 0.411 e. The monoisotopic (exact) mass is 495 g/mol. The lowest BCUT2D eigenvalue weighted by Gasteiger charge is -2.37. The number of carbonyl (C=O) groups is 2. The third kappa shape index (κ3) is 7.23. The molecule has 2 aromatic carbocycles. The molecule has 196 valence electrons. The summed E-state index contributed by atoms with van der Waals surface area (Å²) in [7, 11) is 0. The molecule has 1 aliphatic rings. The van der Waals surface area contributed by atoms with Gasteiger partial charge in [-0.2, -0.15) is 0 Å². The van der Waals surface area contributed by atoms with E-state index in [1.165, 1.54) is 0 Å². The Balaban J connectivity index is 1.83. The van der Waals surface area contributed by atoms with Crippen molar-refractivity contribution >= 4 is 12.0 Å². The van der Waals surface area contributed by atoms with Gasteiger partial charge in [0.15, 0.2) is 0 Å². The Kier molecular flexibility index (Phi) is 9.01. The predicted octanol–water partition coefficient (Wildman–Crippen LogP) is 5.55. The van der Waals surface area contributed by atoms with Crippen LogP contribution in [0.3, 0.4) is 0 Å². The van der Waals surface area contributed by atoms with Crippen molar-refractivity contribution in [2.24, 2.45) is 0 Å². The number of para-hydroxylation sites is 1. The van der Waals surface area contributed by atoms with Gasteiger partial charge in [0.1, 0.15) is 23.1 Å². The van der Waals surface area contributed by atoms with Crippen LogP contribution in [-0.4, -0.2) is 59.1 Å². The lowest BCUT2D eigenvalue weighted by Crippen LogP contribution is -2.50. The number of ether oxygens (including phenoxy) is 2. The molecule has 7 heteroatoms. The van der Waals surface area contributed by atoms with Crippen molar-refractivity contribution in [3.8, 4) is 11.5 Å². The van der Waals surface area contributed by atoms with E-state index in [0.717, 1.165) is 23.4 Å². The van der Waals surface area contributed by atoms with Crippen molar-refractivity contribution in [1.82, 2.24) is 15.1 Å². The third-order valence-corrected chi connectivity index (χ3v) is 6.19. The summed E-state index contributed by atoms with van der Waals surface area (Å²) in [5.74, 6) is 1.25. The van der Waals surface area contributed by atoms with E-state index in [1.807, 2.05) is 69.3 Å². The fraction of sp³-hybridized carbons (Fsp3) is 0.517. The molecule has 0 aliphatic carbocycles. The highest BCUT2D eigenvalue weighted by molar-refractivity contribution is 5.88. The molecule has 0 aromatic heterocycles. The van der Waals surface area contributed by atoms with Crippen LogP contribution in [0.5, 0.6) is 11.5 Å². The highest BCUT2D eigenvalue weighted by atomic mass is 16.6. The van der Waals surface area contributed by atoms with Crippen LogP contribution in [0.25, 0.3) is 0 Å². The van der Waals surface area contributed by atoms with Crippen molar-refractivity contribution in [3.05, 3.63) is 59.7 Å². The van der Waals surface area contributed by atoms with Crippen molar-refractivity contribution < 1.29 is 19.1 Å². The number of carbonyl (C=O) groups excluding carboxylic acids is 2. The average Bonchev–Trinajstić information content (AvgIpc) is 2.79. The van der Waals surface area contributed by atoms with E-state index < -0.39 is 17.7 Å². The van der Waals surface area contributed by atoms with E-state index >= 15 is 0 Å². The second kappa shape index (κ2) is 11.8. The molecule has 0 saturated carbocycles. The third-order valence-electron chi connectivity index (χ3n) is 6.19. The first-order valence-corrected chi connectivity index (χ1v) is 12.8. The summed E-state index contributed by atoms with van der Waals surface area (Å²) < 4.78 is 11.7. The summed E-state index contributed by atoms with van der Waals surface area (Å²) >= 11 is 0. The normalized spacial score (nSPS) is 15.7. The van der Waals surface area contributed by atoms with Crippen LogP contribution in [0, 0.1) is 0 Å². The molecular formula is C29H41N3O4. The number of nitrogens with one attached hydrogen (secondary N) is 1. The highest BCUT2D eigenvalue weighted by Gasteiger charge is 2.38. The maximum atomic E-state index is 13.5. The SMILES string of the molecule is CC(C)N(CCNC(=O)[C@@H]1c2ccc(Oc3ccccc3)cc2CCN1C(=O)OC(C)(C)C)C(C)C. The van der Waals surface area contributed by atoms with E-state index in [1.54, 1.807) is 4.90 Å². The van der Waals surface area contributed by atoms with Crippen LogP contribution in [-0.2, 0) is 16.0 Å². The van der Waals surface area contributed by atoms with Crippen molar-refractivity contribution in [1.29, 1.82) is 0 Å². The number of rotatable bonds is 8. The Labute approximate surface area is 215 Å². The maximum Gasteiger partial charge on any atom is 0.411 e. The summed E-state index contributed by atoms with van der Waals surface area (Å²) in [5.41, 5.74) is 1.14. The van der Waals surface area contributed by atoms with Gasteiger partial charge in [-0.25, -0.2) is 4.79 Å². The second-order valence-corrected chi connectivity index (χ2v) is 10.8. The fourth-order valence-corrected chi connectivity index (χ4v) is 4.61. The molecule has 1 aliphatic heterocycles. The van der Waals surface area contributed by atoms with E-state index in [2.05, 4.69) is 37.9 Å². The van der Waals surface area contributed by atoms with Crippen LogP contribution >= 0.6 is 0 Å². The van der Waals surface area contributed by atoms with Gasteiger partial charge >= 0.3 is 6.09 Å².